The highest BCUT2D eigenvalue weighted by molar-refractivity contribution is 14.1. The number of rotatable bonds is 4. The van der Waals surface area contributed by atoms with E-state index in [9.17, 15) is 4.79 Å². The Bertz CT molecular complexity index is 855. The molecule has 1 aliphatic carbocycles. The molecule has 2 N–H and O–H groups in total. The molecule has 5 rings (SSSR count). The van der Waals surface area contributed by atoms with E-state index in [0.29, 0.717) is 24.3 Å². The lowest BCUT2D eigenvalue weighted by Gasteiger charge is -2.37. The van der Waals surface area contributed by atoms with Crippen molar-refractivity contribution in [1.82, 2.24) is 25.4 Å². The molecule has 4 heterocycles. The third-order valence-corrected chi connectivity index (χ3v) is 6.87. The SMILES string of the molecule is Cl.O=C(C[C@@H]1CCCN1)N1CCN(c2c(C3CC3)cnc3n[nH]c(I)c23)CC1. The number of fused-ring (bicyclic) bond motifs is 1. The smallest absolute Gasteiger partial charge is 0.224 e. The number of anilines is 1. The summed E-state index contributed by atoms with van der Waals surface area (Å²) in [5, 5.41) is 12.0. The van der Waals surface area contributed by atoms with Crippen molar-refractivity contribution in [1.29, 1.82) is 0 Å². The minimum Gasteiger partial charge on any atom is -0.367 e. The van der Waals surface area contributed by atoms with Gasteiger partial charge in [0.1, 0.15) is 3.70 Å². The van der Waals surface area contributed by atoms with Gasteiger partial charge in [-0.3, -0.25) is 9.89 Å². The maximum Gasteiger partial charge on any atom is 0.224 e. The average Bonchev–Trinajstić information content (AvgIpc) is 3.29. The van der Waals surface area contributed by atoms with E-state index in [1.165, 1.54) is 30.5 Å². The molecule has 0 bridgehead atoms. The van der Waals surface area contributed by atoms with E-state index >= 15 is 0 Å². The highest BCUT2D eigenvalue weighted by atomic mass is 127. The van der Waals surface area contributed by atoms with Crippen molar-refractivity contribution in [3.05, 3.63) is 15.5 Å². The molecule has 1 atom stereocenters. The number of aromatic nitrogens is 3. The molecule has 28 heavy (non-hydrogen) atoms. The number of nitrogens with zero attached hydrogens (tertiary/aromatic N) is 4. The molecule has 2 saturated heterocycles. The minimum atomic E-state index is 0. The van der Waals surface area contributed by atoms with Gasteiger partial charge < -0.3 is 15.1 Å². The van der Waals surface area contributed by atoms with E-state index < -0.39 is 0 Å². The number of piperazine rings is 1. The first-order chi connectivity index (χ1) is 13.2. The quantitative estimate of drug-likeness (QED) is 0.611. The summed E-state index contributed by atoms with van der Waals surface area (Å²) < 4.78 is 1.05. The molecule has 7 nitrogen and oxygen atoms in total. The predicted octanol–water partition coefficient (Wildman–Crippen LogP) is 2.65. The number of aromatic amines is 1. The predicted molar refractivity (Wildman–Crippen MR) is 120 cm³/mol. The second-order valence-corrected chi connectivity index (χ2v) is 9.02. The van der Waals surface area contributed by atoms with Gasteiger partial charge in [0.2, 0.25) is 5.91 Å². The summed E-state index contributed by atoms with van der Waals surface area (Å²) in [5.74, 6) is 0.935. The fourth-order valence-corrected chi connectivity index (χ4v) is 5.05. The molecule has 3 aliphatic rings. The van der Waals surface area contributed by atoms with Crippen molar-refractivity contribution < 1.29 is 4.79 Å². The van der Waals surface area contributed by atoms with E-state index in [0.717, 1.165) is 53.9 Å². The Labute approximate surface area is 184 Å². The summed E-state index contributed by atoms with van der Waals surface area (Å²) in [6.45, 7) is 4.41. The lowest BCUT2D eigenvalue weighted by molar-refractivity contribution is -0.131. The number of nitrogens with one attached hydrogen (secondary N) is 2. The van der Waals surface area contributed by atoms with Gasteiger partial charge in [-0.2, -0.15) is 5.10 Å². The van der Waals surface area contributed by atoms with Gasteiger partial charge in [-0.15, -0.1) is 12.4 Å². The van der Waals surface area contributed by atoms with Crippen LogP contribution in [0.4, 0.5) is 5.69 Å². The Balaban J connectivity index is 0.00000192. The highest BCUT2D eigenvalue weighted by Gasteiger charge is 2.32. The number of carbonyl (C=O) groups is 1. The summed E-state index contributed by atoms with van der Waals surface area (Å²) >= 11 is 2.32. The Kier molecular flexibility index (Phi) is 5.98. The van der Waals surface area contributed by atoms with Crippen molar-refractivity contribution in [3.63, 3.8) is 0 Å². The highest BCUT2D eigenvalue weighted by Crippen LogP contribution is 2.46. The zero-order valence-corrected chi connectivity index (χ0v) is 18.8. The van der Waals surface area contributed by atoms with Gasteiger partial charge in [-0.1, -0.05) is 0 Å². The minimum absolute atomic E-state index is 0. The van der Waals surface area contributed by atoms with Crippen molar-refractivity contribution in [2.75, 3.05) is 37.6 Å². The van der Waals surface area contributed by atoms with Crippen molar-refractivity contribution in [2.45, 2.75) is 44.1 Å². The van der Waals surface area contributed by atoms with Crippen molar-refractivity contribution in [3.8, 4) is 0 Å². The summed E-state index contributed by atoms with van der Waals surface area (Å²) in [7, 11) is 0. The van der Waals surface area contributed by atoms with Gasteiger partial charge in [0, 0.05) is 44.8 Å². The lowest BCUT2D eigenvalue weighted by Crippen LogP contribution is -2.50. The maximum absolute atomic E-state index is 12.6. The number of carbonyl (C=O) groups excluding carboxylic acids is 1. The third-order valence-electron chi connectivity index (χ3n) is 6.09. The molecule has 152 valence electrons. The van der Waals surface area contributed by atoms with E-state index in [2.05, 4.69) is 48.0 Å². The van der Waals surface area contributed by atoms with Crippen LogP contribution < -0.4 is 10.2 Å². The standard InChI is InChI=1S/C19H25IN6O.ClH/c20-18-16-17(14(12-3-4-12)11-22-19(16)24-23-18)26-8-6-25(7-9-26)15(27)10-13-2-1-5-21-13;/h11-13,21H,1-10H2,(H,22,23,24);1H/t13-;/m0./s1. The van der Waals surface area contributed by atoms with Gasteiger partial charge in [0.05, 0.1) is 11.1 Å². The van der Waals surface area contributed by atoms with Crippen LogP contribution >= 0.6 is 35.0 Å². The number of pyridine rings is 1. The van der Waals surface area contributed by atoms with Gasteiger partial charge in [0.25, 0.3) is 0 Å². The molecular formula is C19H26ClIN6O. The summed E-state index contributed by atoms with van der Waals surface area (Å²) in [6.07, 6.45) is 7.49. The van der Waals surface area contributed by atoms with E-state index in [-0.39, 0.29) is 12.4 Å². The molecule has 2 aliphatic heterocycles. The Hall–Kier alpha value is -1.13. The number of hydrogen-bond acceptors (Lipinski definition) is 5. The van der Waals surface area contributed by atoms with E-state index in [1.807, 2.05) is 11.1 Å². The van der Waals surface area contributed by atoms with Crippen LogP contribution in [0.25, 0.3) is 11.0 Å². The summed E-state index contributed by atoms with van der Waals surface area (Å²) in [4.78, 5) is 21.7. The molecule has 9 heteroatoms. The van der Waals surface area contributed by atoms with Gasteiger partial charge in [-0.05, 0) is 66.3 Å². The van der Waals surface area contributed by atoms with Gasteiger partial charge in [-0.25, -0.2) is 4.98 Å². The lowest BCUT2D eigenvalue weighted by atomic mass is 10.1. The Morgan fingerprint density at radius 1 is 1.21 bits per heavy atom. The van der Waals surface area contributed by atoms with Crippen LogP contribution in [0.2, 0.25) is 0 Å². The van der Waals surface area contributed by atoms with Crippen LogP contribution in [0.15, 0.2) is 6.20 Å². The summed E-state index contributed by atoms with van der Waals surface area (Å²) in [6, 6.07) is 0.379. The molecule has 0 aromatic carbocycles. The topological polar surface area (TPSA) is 77.2 Å². The van der Waals surface area contributed by atoms with E-state index in [4.69, 9.17) is 0 Å². The normalized spacial score (nSPS) is 22.5. The molecule has 3 fully saturated rings. The molecule has 0 unspecified atom stereocenters. The second-order valence-electron chi connectivity index (χ2n) is 7.94. The van der Waals surface area contributed by atoms with E-state index in [1.54, 1.807) is 0 Å². The van der Waals surface area contributed by atoms with Crippen LogP contribution in [0.3, 0.4) is 0 Å². The van der Waals surface area contributed by atoms with Crippen LogP contribution in [0.1, 0.15) is 43.6 Å². The molecule has 2 aromatic heterocycles. The molecule has 1 amide bonds. The zero-order chi connectivity index (χ0) is 18.4. The van der Waals surface area contributed by atoms with Gasteiger partial charge >= 0.3 is 0 Å². The summed E-state index contributed by atoms with van der Waals surface area (Å²) in [5.41, 5.74) is 3.45. The van der Waals surface area contributed by atoms with Crippen LogP contribution in [0, 0.1) is 3.70 Å². The number of halogens is 2. The number of amides is 1. The molecule has 2 aromatic rings. The Morgan fingerprint density at radius 3 is 2.68 bits per heavy atom. The first kappa shape index (κ1) is 20.2. The van der Waals surface area contributed by atoms with Crippen LogP contribution in [0.5, 0.6) is 0 Å². The number of H-pyrrole nitrogens is 1. The molecule has 0 spiro atoms. The fraction of sp³-hybridized carbons (Fsp3) is 0.632. The largest absolute Gasteiger partial charge is 0.367 e. The second kappa shape index (κ2) is 8.31. The third kappa shape index (κ3) is 3.82. The fourth-order valence-electron chi connectivity index (χ4n) is 4.44. The molecule has 0 radical (unpaired) electrons. The van der Waals surface area contributed by atoms with Crippen molar-refractivity contribution >= 4 is 57.6 Å². The molecular weight excluding hydrogens is 491 g/mol. The van der Waals surface area contributed by atoms with Crippen LogP contribution in [-0.2, 0) is 4.79 Å². The van der Waals surface area contributed by atoms with Crippen LogP contribution in [-0.4, -0.2) is 64.8 Å². The molecule has 1 saturated carbocycles. The first-order valence-electron chi connectivity index (χ1n) is 9.99. The van der Waals surface area contributed by atoms with Crippen molar-refractivity contribution in [2.24, 2.45) is 0 Å². The first-order valence-corrected chi connectivity index (χ1v) is 11.1. The maximum atomic E-state index is 12.6. The monoisotopic (exact) mass is 516 g/mol. The zero-order valence-electron chi connectivity index (χ0n) is 15.8. The Morgan fingerprint density at radius 2 is 2.00 bits per heavy atom. The van der Waals surface area contributed by atoms with Gasteiger partial charge in [0.15, 0.2) is 5.65 Å². The number of hydrogen-bond donors (Lipinski definition) is 2. The average molecular weight is 517 g/mol.